The molecule has 4 heteroatoms. The van der Waals surface area contributed by atoms with Crippen molar-refractivity contribution >= 4 is 17.3 Å². The van der Waals surface area contributed by atoms with Gasteiger partial charge in [0.05, 0.1) is 6.42 Å². The third kappa shape index (κ3) is 5.18. The lowest BCUT2D eigenvalue weighted by Gasteiger charge is -2.09. The van der Waals surface area contributed by atoms with Gasteiger partial charge in [0.15, 0.2) is 0 Å². The Morgan fingerprint density at radius 3 is 2.19 bits per heavy atom. The molecular formula is C22H21FN2O. The largest absolute Gasteiger partial charge is 0.385 e. The highest BCUT2D eigenvalue weighted by Crippen LogP contribution is 2.15. The van der Waals surface area contributed by atoms with Gasteiger partial charge in [0.2, 0.25) is 5.91 Å². The van der Waals surface area contributed by atoms with E-state index in [-0.39, 0.29) is 18.1 Å². The van der Waals surface area contributed by atoms with Gasteiger partial charge < -0.3 is 10.6 Å². The number of nitrogens with one attached hydrogen (secondary N) is 2. The van der Waals surface area contributed by atoms with Gasteiger partial charge in [-0.2, -0.15) is 0 Å². The molecule has 0 heterocycles. The van der Waals surface area contributed by atoms with E-state index in [0.717, 1.165) is 18.7 Å². The Kier molecular flexibility index (Phi) is 5.99. The minimum absolute atomic E-state index is 0.0176. The fourth-order valence-electron chi connectivity index (χ4n) is 2.69. The van der Waals surface area contributed by atoms with E-state index in [9.17, 15) is 9.18 Å². The minimum Gasteiger partial charge on any atom is -0.385 e. The predicted octanol–water partition coefficient (Wildman–Crippen LogP) is 4.66. The Morgan fingerprint density at radius 1 is 0.808 bits per heavy atom. The number of hydrogen-bond acceptors (Lipinski definition) is 2. The second-order valence-electron chi connectivity index (χ2n) is 6.06. The fraction of sp³-hybridized carbons (Fsp3) is 0.136. The molecule has 3 aromatic carbocycles. The van der Waals surface area contributed by atoms with Crippen LogP contribution in [0.4, 0.5) is 15.8 Å². The number of hydrogen-bond donors (Lipinski definition) is 2. The van der Waals surface area contributed by atoms with Crippen molar-refractivity contribution in [3.8, 4) is 0 Å². The summed E-state index contributed by atoms with van der Waals surface area (Å²) in [5, 5.41) is 6.15. The molecule has 0 fully saturated rings. The van der Waals surface area contributed by atoms with Crippen LogP contribution in [0.2, 0.25) is 0 Å². The SMILES string of the molecule is O=C(Cc1ccccc1F)Nc1ccc(NCCc2ccccc2)cc1. The maximum Gasteiger partial charge on any atom is 0.228 e. The van der Waals surface area contributed by atoms with Crippen LogP contribution in [-0.4, -0.2) is 12.5 Å². The maximum atomic E-state index is 13.6. The quantitative estimate of drug-likeness (QED) is 0.652. The molecule has 0 saturated carbocycles. The zero-order chi connectivity index (χ0) is 18.2. The Hall–Kier alpha value is -3.14. The summed E-state index contributed by atoms with van der Waals surface area (Å²) in [5.41, 5.74) is 3.37. The molecule has 0 aliphatic heterocycles. The van der Waals surface area contributed by atoms with Gasteiger partial charge in [0.25, 0.3) is 0 Å². The van der Waals surface area contributed by atoms with Gasteiger partial charge in [-0.15, -0.1) is 0 Å². The van der Waals surface area contributed by atoms with Gasteiger partial charge in [0, 0.05) is 17.9 Å². The number of rotatable bonds is 7. The van der Waals surface area contributed by atoms with Crippen LogP contribution >= 0.6 is 0 Å². The van der Waals surface area contributed by atoms with Crippen molar-refractivity contribution < 1.29 is 9.18 Å². The molecule has 0 radical (unpaired) electrons. The molecule has 3 aromatic rings. The summed E-state index contributed by atoms with van der Waals surface area (Å²) in [4.78, 5) is 12.1. The fourth-order valence-corrected chi connectivity index (χ4v) is 2.69. The van der Waals surface area contributed by atoms with Gasteiger partial charge in [-0.1, -0.05) is 48.5 Å². The maximum absolute atomic E-state index is 13.6. The van der Waals surface area contributed by atoms with Crippen LogP contribution in [0.5, 0.6) is 0 Å². The second-order valence-corrected chi connectivity index (χ2v) is 6.06. The van der Waals surface area contributed by atoms with Crippen molar-refractivity contribution in [1.29, 1.82) is 0 Å². The molecule has 0 unspecified atom stereocenters. The van der Waals surface area contributed by atoms with Crippen LogP contribution in [0.25, 0.3) is 0 Å². The Bertz CT molecular complexity index is 848. The van der Waals surface area contributed by atoms with Gasteiger partial charge in [-0.3, -0.25) is 4.79 Å². The molecule has 0 atom stereocenters. The zero-order valence-corrected chi connectivity index (χ0v) is 14.4. The van der Waals surface area contributed by atoms with Crippen molar-refractivity contribution in [3.63, 3.8) is 0 Å². The van der Waals surface area contributed by atoms with Crippen molar-refractivity contribution in [3.05, 3.63) is 95.8 Å². The van der Waals surface area contributed by atoms with Crippen LogP contribution in [0.1, 0.15) is 11.1 Å². The van der Waals surface area contributed by atoms with Crippen molar-refractivity contribution in [2.75, 3.05) is 17.2 Å². The van der Waals surface area contributed by atoms with E-state index in [1.54, 1.807) is 18.2 Å². The standard InChI is InChI=1S/C22H21FN2O/c23-21-9-5-4-8-18(21)16-22(26)25-20-12-10-19(11-13-20)24-15-14-17-6-2-1-3-7-17/h1-13,24H,14-16H2,(H,25,26). The smallest absolute Gasteiger partial charge is 0.228 e. The van der Waals surface area contributed by atoms with E-state index >= 15 is 0 Å². The molecule has 0 aromatic heterocycles. The molecule has 2 N–H and O–H groups in total. The monoisotopic (exact) mass is 348 g/mol. The zero-order valence-electron chi connectivity index (χ0n) is 14.4. The predicted molar refractivity (Wildman–Crippen MR) is 104 cm³/mol. The lowest BCUT2D eigenvalue weighted by molar-refractivity contribution is -0.115. The Morgan fingerprint density at radius 2 is 1.46 bits per heavy atom. The topological polar surface area (TPSA) is 41.1 Å². The van der Waals surface area contributed by atoms with Crippen LogP contribution in [0, 0.1) is 5.82 Å². The molecular weight excluding hydrogens is 327 g/mol. The van der Waals surface area contributed by atoms with Gasteiger partial charge in [-0.25, -0.2) is 4.39 Å². The first-order chi connectivity index (χ1) is 12.7. The lowest BCUT2D eigenvalue weighted by Crippen LogP contribution is -2.15. The first kappa shape index (κ1) is 17.7. The highest BCUT2D eigenvalue weighted by Gasteiger charge is 2.07. The highest BCUT2D eigenvalue weighted by molar-refractivity contribution is 5.92. The number of carbonyl (C=O) groups is 1. The molecule has 0 saturated heterocycles. The summed E-state index contributed by atoms with van der Waals surface area (Å²) in [7, 11) is 0. The lowest BCUT2D eigenvalue weighted by atomic mass is 10.1. The molecule has 0 aliphatic carbocycles. The molecule has 26 heavy (non-hydrogen) atoms. The normalized spacial score (nSPS) is 10.3. The van der Waals surface area contributed by atoms with E-state index in [1.165, 1.54) is 11.6 Å². The van der Waals surface area contributed by atoms with Crippen LogP contribution < -0.4 is 10.6 Å². The molecule has 0 bridgehead atoms. The van der Waals surface area contributed by atoms with E-state index in [2.05, 4.69) is 22.8 Å². The second kappa shape index (κ2) is 8.81. The van der Waals surface area contributed by atoms with Gasteiger partial charge >= 0.3 is 0 Å². The molecule has 3 nitrogen and oxygen atoms in total. The van der Waals surface area contributed by atoms with Crippen molar-refractivity contribution in [2.24, 2.45) is 0 Å². The van der Waals surface area contributed by atoms with Crippen molar-refractivity contribution in [2.45, 2.75) is 12.8 Å². The summed E-state index contributed by atoms with van der Waals surface area (Å²) < 4.78 is 13.6. The Labute approximate surface area is 152 Å². The van der Waals surface area contributed by atoms with Gasteiger partial charge in [-0.05, 0) is 47.9 Å². The first-order valence-corrected chi connectivity index (χ1v) is 8.62. The van der Waals surface area contributed by atoms with Crippen molar-refractivity contribution in [1.82, 2.24) is 0 Å². The van der Waals surface area contributed by atoms with Crippen LogP contribution in [0.15, 0.2) is 78.9 Å². The molecule has 132 valence electrons. The third-order valence-electron chi connectivity index (χ3n) is 4.06. The summed E-state index contributed by atoms with van der Waals surface area (Å²) in [6.45, 7) is 0.836. The molecule has 0 aliphatic rings. The summed E-state index contributed by atoms with van der Waals surface area (Å²) >= 11 is 0. The molecule has 0 spiro atoms. The average Bonchev–Trinajstić information content (AvgIpc) is 2.66. The number of anilines is 2. The summed E-state index contributed by atoms with van der Waals surface area (Å²) in [5.74, 6) is -0.597. The number of carbonyl (C=O) groups excluding carboxylic acids is 1. The highest BCUT2D eigenvalue weighted by atomic mass is 19.1. The number of halogens is 1. The molecule has 3 rings (SSSR count). The summed E-state index contributed by atoms with van der Waals surface area (Å²) in [6, 6.07) is 24.1. The molecule has 1 amide bonds. The van der Waals surface area contributed by atoms with E-state index in [1.807, 2.05) is 42.5 Å². The Balaban J connectivity index is 1.48. The van der Waals surface area contributed by atoms with Gasteiger partial charge in [0.1, 0.15) is 5.82 Å². The first-order valence-electron chi connectivity index (χ1n) is 8.62. The average molecular weight is 348 g/mol. The minimum atomic E-state index is -0.361. The van der Waals surface area contributed by atoms with E-state index in [4.69, 9.17) is 0 Å². The third-order valence-corrected chi connectivity index (χ3v) is 4.06. The van der Waals surface area contributed by atoms with Crippen LogP contribution in [0.3, 0.4) is 0 Å². The van der Waals surface area contributed by atoms with Crippen LogP contribution in [-0.2, 0) is 17.6 Å². The van der Waals surface area contributed by atoms with E-state index < -0.39 is 0 Å². The summed E-state index contributed by atoms with van der Waals surface area (Å²) in [6.07, 6.45) is 0.964. The number of benzene rings is 3. The number of amides is 1. The van der Waals surface area contributed by atoms with E-state index in [0.29, 0.717) is 11.3 Å².